The van der Waals surface area contributed by atoms with Gasteiger partial charge >= 0.3 is 0 Å². The quantitative estimate of drug-likeness (QED) is 0.584. The molecule has 4 nitrogen and oxygen atoms in total. The predicted molar refractivity (Wildman–Crippen MR) is 66.4 cm³/mol. The fraction of sp³-hybridized carbons (Fsp3) is 0.917. The molecular weight excluding hydrogens is 204 g/mol. The summed E-state index contributed by atoms with van der Waals surface area (Å²) >= 11 is 0. The van der Waals surface area contributed by atoms with Crippen LogP contribution in [-0.2, 0) is 9.53 Å². The molecule has 96 valence electrons. The molecule has 0 saturated carbocycles. The minimum absolute atomic E-state index is 0.0165. The van der Waals surface area contributed by atoms with E-state index in [1.54, 1.807) is 6.92 Å². The summed E-state index contributed by atoms with van der Waals surface area (Å²) in [7, 11) is 0. The lowest BCUT2D eigenvalue weighted by Crippen LogP contribution is -2.36. The zero-order chi connectivity index (χ0) is 12.4. The van der Waals surface area contributed by atoms with Gasteiger partial charge in [-0.25, -0.2) is 0 Å². The molecule has 0 aromatic heterocycles. The van der Waals surface area contributed by atoms with Gasteiger partial charge in [0.1, 0.15) is 6.10 Å². The van der Waals surface area contributed by atoms with E-state index in [4.69, 9.17) is 4.74 Å². The summed E-state index contributed by atoms with van der Waals surface area (Å²) < 4.78 is 5.39. The minimum atomic E-state index is -0.356. The molecule has 2 N–H and O–H groups in total. The largest absolute Gasteiger partial charge is 0.367 e. The van der Waals surface area contributed by atoms with Crippen molar-refractivity contribution in [2.45, 2.75) is 40.2 Å². The van der Waals surface area contributed by atoms with Crippen LogP contribution in [0.15, 0.2) is 0 Å². The van der Waals surface area contributed by atoms with Gasteiger partial charge < -0.3 is 15.4 Å². The Balaban J connectivity index is 3.49. The summed E-state index contributed by atoms with van der Waals surface area (Å²) in [5, 5.41) is 6.01. The number of carbonyl (C=O) groups is 1. The van der Waals surface area contributed by atoms with Crippen molar-refractivity contribution in [3.8, 4) is 0 Å². The Hall–Kier alpha value is -0.610. The number of hydrogen-bond donors (Lipinski definition) is 2. The molecule has 0 aromatic carbocycles. The Morgan fingerprint density at radius 3 is 2.50 bits per heavy atom. The van der Waals surface area contributed by atoms with Crippen LogP contribution in [0.3, 0.4) is 0 Å². The zero-order valence-electron chi connectivity index (χ0n) is 11.0. The molecule has 1 atom stereocenters. The van der Waals surface area contributed by atoms with Crippen LogP contribution < -0.4 is 10.6 Å². The van der Waals surface area contributed by atoms with E-state index in [2.05, 4.69) is 24.5 Å². The molecule has 0 spiro atoms. The molecule has 1 unspecified atom stereocenters. The van der Waals surface area contributed by atoms with Gasteiger partial charge in [0.25, 0.3) is 0 Å². The molecule has 4 heteroatoms. The Morgan fingerprint density at radius 2 is 1.94 bits per heavy atom. The molecule has 0 aromatic rings. The fourth-order valence-electron chi connectivity index (χ4n) is 1.19. The number of hydrogen-bond acceptors (Lipinski definition) is 3. The Morgan fingerprint density at radius 1 is 1.25 bits per heavy atom. The second-order valence-corrected chi connectivity index (χ2v) is 4.34. The SMILES string of the molecule is CCNCCOC(C)C(=O)NCCC(C)C. The third-order valence-corrected chi connectivity index (χ3v) is 2.29. The number of carbonyl (C=O) groups excluding carboxylic acids is 1. The molecule has 0 aliphatic rings. The van der Waals surface area contributed by atoms with Crippen molar-refractivity contribution in [3.05, 3.63) is 0 Å². The first-order valence-corrected chi connectivity index (χ1v) is 6.18. The lowest BCUT2D eigenvalue weighted by Gasteiger charge is -2.14. The van der Waals surface area contributed by atoms with Gasteiger partial charge in [0.15, 0.2) is 0 Å². The second kappa shape index (κ2) is 9.60. The smallest absolute Gasteiger partial charge is 0.248 e. The van der Waals surface area contributed by atoms with Crippen molar-refractivity contribution < 1.29 is 9.53 Å². The molecule has 0 radical (unpaired) electrons. The van der Waals surface area contributed by atoms with Crippen molar-refractivity contribution in [2.75, 3.05) is 26.2 Å². The van der Waals surface area contributed by atoms with Crippen LogP contribution in [0.2, 0.25) is 0 Å². The Bertz CT molecular complexity index is 184. The first-order chi connectivity index (χ1) is 7.57. The number of nitrogens with one attached hydrogen (secondary N) is 2. The van der Waals surface area contributed by atoms with Crippen LogP contribution in [0, 0.1) is 5.92 Å². The van der Waals surface area contributed by atoms with Gasteiger partial charge in [-0.05, 0) is 25.8 Å². The van der Waals surface area contributed by atoms with Crippen LogP contribution in [-0.4, -0.2) is 38.3 Å². The van der Waals surface area contributed by atoms with E-state index in [0.29, 0.717) is 12.5 Å². The van der Waals surface area contributed by atoms with Crippen LogP contribution in [0.25, 0.3) is 0 Å². The zero-order valence-corrected chi connectivity index (χ0v) is 11.0. The molecule has 1 amide bonds. The van der Waals surface area contributed by atoms with Crippen molar-refractivity contribution in [2.24, 2.45) is 5.92 Å². The highest BCUT2D eigenvalue weighted by molar-refractivity contribution is 5.80. The Kier molecular flexibility index (Phi) is 9.24. The van der Waals surface area contributed by atoms with Gasteiger partial charge in [0.05, 0.1) is 6.61 Å². The third-order valence-electron chi connectivity index (χ3n) is 2.29. The minimum Gasteiger partial charge on any atom is -0.367 e. The van der Waals surface area contributed by atoms with E-state index in [1.807, 2.05) is 6.92 Å². The molecule has 16 heavy (non-hydrogen) atoms. The van der Waals surface area contributed by atoms with E-state index in [1.165, 1.54) is 0 Å². The number of likely N-dealkylation sites (N-methyl/N-ethyl adjacent to an activating group) is 1. The maximum absolute atomic E-state index is 11.5. The van der Waals surface area contributed by atoms with Gasteiger partial charge in [-0.3, -0.25) is 4.79 Å². The van der Waals surface area contributed by atoms with Crippen molar-refractivity contribution in [3.63, 3.8) is 0 Å². The van der Waals surface area contributed by atoms with E-state index < -0.39 is 0 Å². The average Bonchev–Trinajstić information content (AvgIpc) is 2.23. The van der Waals surface area contributed by atoms with Crippen molar-refractivity contribution >= 4 is 5.91 Å². The maximum atomic E-state index is 11.5. The van der Waals surface area contributed by atoms with Crippen LogP contribution >= 0.6 is 0 Å². The summed E-state index contributed by atoms with van der Waals surface area (Å²) in [5.74, 6) is 0.599. The molecule has 0 rings (SSSR count). The monoisotopic (exact) mass is 230 g/mol. The van der Waals surface area contributed by atoms with E-state index in [0.717, 1.165) is 26.1 Å². The standard InChI is InChI=1S/C12H26N2O2/c1-5-13-8-9-16-11(4)12(15)14-7-6-10(2)3/h10-11,13H,5-9H2,1-4H3,(H,14,15). The number of ether oxygens (including phenoxy) is 1. The molecule has 0 aliphatic heterocycles. The van der Waals surface area contributed by atoms with E-state index in [-0.39, 0.29) is 12.0 Å². The molecular formula is C12H26N2O2. The van der Waals surface area contributed by atoms with Crippen LogP contribution in [0.1, 0.15) is 34.1 Å². The molecule has 0 aliphatic carbocycles. The average molecular weight is 230 g/mol. The molecule has 0 fully saturated rings. The predicted octanol–water partition coefficient (Wildman–Crippen LogP) is 1.16. The first kappa shape index (κ1) is 15.4. The van der Waals surface area contributed by atoms with Gasteiger partial charge in [-0.1, -0.05) is 20.8 Å². The Labute approximate surface area is 99.1 Å². The summed E-state index contributed by atoms with van der Waals surface area (Å²) in [6, 6.07) is 0. The summed E-state index contributed by atoms with van der Waals surface area (Å²) in [5.41, 5.74) is 0. The van der Waals surface area contributed by atoms with Gasteiger partial charge in [-0.2, -0.15) is 0 Å². The third kappa shape index (κ3) is 8.68. The van der Waals surface area contributed by atoms with Crippen molar-refractivity contribution in [1.82, 2.24) is 10.6 Å². The van der Waals surface area contributed by atoms with Crippen LogP contribution in [0.5, 0.6) is 0 Å². The van der Waals surface area contributed by atoms with E-state index in [9.17, 15) is 4.79 Å². The number of rotatable bonds is 9. The van der Waals surface area contributed by atoms with Crippen molar-refractivity contribution in [1.29, 1.82) is 0 Å². The van der Waals surface area contributed by atoms with Gasteiger partial charge in [-0.15, -0.1) is 0 Å². The maximum Gasteiger partial charge on any atom is 0.248 e. The van der Waals surface area contributed by atoms with E-state index >= 15 is 0 Å². The fourth-order valence-corrected chi connectivity index (χ4v) is 1.19. The summed E-state index contributed by atoms with van der Waals surface area (Å²) in [6.45, 7) is 11.1. The first-order valence-electron chi connectivity index (χ1n) is 6.18. The molecule has 0 heterocycles. The highest BCUT2D eigenvalue weighted by Crippen LogP contribution is 1.97. The lowest BCUT2D eigenvalue weighted by atomic mass is 10.1. The topological polar surface area (TPSA) is 50.4 Å². The van der Waals surface area contributed by atoms with Gasteiger partial charge in [0, 0.05) is 13.1 Å². The normalized spacial score (nSPS) is 12.8. The highest BCUT2D eigenvalue weighted by atomic mass is 16.5. The second-order valence-electron chi connectivity index (χ2n) is 4.34. The van der Waals surface area contributed by atoms with Crippen LogP contribution in [0.4, 0.5) is 0 Å². The lowest BCUT2D eigenvalue weighted by molar-refractivity contribution is -0.131. The summed E-state index contributed by atoms with van der Waals surface area (Å²) in [4.78, 5) is 11.5. The molecule has 0 bridgehead atoms. The van der Waals surface area contributed by atoms with Gasteiger partial charge in [0.2, 0.25) is 5.91 Å². The molecule has 0 saturated heterocycles. The highest BCUT2D eigenvalue weighted by Gasteiger charge is 2.11. The number of amides is 1. The summed E-state index contributed by atoms with van der Waals surface area (Å²) in [6.07, 6.45) is 0.654.